The van der Waals surface area contributed by atoms with Crippen LogP contribution in [0.4, 0.5) is 0 Å². The maximum Gasteiger partial charge on any atom is 0.338 e. The Balaban J connectivity index is -0.000000366. The number of halogens is 2. The van der Waals surface area contributed by atoms with Gasteiger partial charge in [-0.25, -0.2) is 9.59 Å². The number of benzene rings is 2. The number of ether oxygens (including phenoxy) is 1. The van der Waals surface area contributed by atoms with Gasteiger partial charge in [-0.1, -0.05) is 57.6 Å². The molecule has 1 N–H and O–H groups in total. The van der Waals surface area contributed by atoms with E-state index in [0.717, 1.165) is 5.56 Å². The van der Waals surface area contributed by atoms with Crippen LogP contribution in [0.1, 0.15) is 54.1 Å². The van der Waals surface area contributed by atoms with E-state index in [4.69, 9.17) is 28.3 Å². The molecule has 0 saturated heterocycles. The Morgan fingerprint density at radius 3 is 1.58 bits per heavy atom. The molecule has 0 aliphatic rings. The average molecular weight is 403 g/mol. The fraction of sp³-hybridized carbons (Fsp3) is 0.300. The second-order valence-corrected chi connectivity index (χ2v) is 5.44. The minimum Gasteiger partial charge on any atom is -0.478 e. The van der Waals surface area contributed by atoms with Gasteiger partial charge in [0.15, 0.2) is 0 Å². The highest BCUT2D eigenvalue weighted by Gasteiger charge is 2.10. The van der Waals surface area contributed by atoms with E-state index < -0.39 is 5.97 Å². The monoisotopic (exact) mass is 402 g/mol. The summed E-state index contributed by atoms with van der Waals surface area (Å²) in [5.41, 5.74) is 2.15. The normalized spacial score (nSPS) is 8.50. The molecule has 0 spiro atoms. The lowest BCUT2D eigenvalue weighted by Gasteiger charge is -2.03. The minimum atomic E-state index is -0.940. The first-order valence-electron chi connectivity index (χ1n) is 6.61. The lowest BCUT2D eigenvalue weighted by atomic mass is 10.1. The Labute approximate surface area is 166 Å². The van der Waals surface area contributed by atoms with Gasteiger partial charge in [-0.3, -0.25) is 0 Å². The van der Waals surface area contributed by atoms with Gasteiger partial charge in [0.05, 0.1) is 18.2 Å². The van der Waals surface area contributed by atoms with Crippen LogP contribution in [0.2, 0.25) is 10.0 Å². The largest absolute Gasteiger partial charge is 0.478 e. The summed E-state index contributed by atoms with van der Waals surface area (Å²) in [5.74, 6) is -1.29. The highest BCUT2D eigenvalue weighted by molar-refractivity contribution is 6.32. The molecule has 0 aliphatic carbocycles. The van der Waals surface area contributed by atoms with Crippen molar-refractivity contribution in [2.75, 3.05) is 7.11 Å². The van der Waals surface area contributed by atoms with Gasteiger partial charge in [0, 0.05) is 10.0 Å². The van der Waals surface area contributed by atoms with Crippen molar-refractivity contribution in [2.45, 2.75) is 36.1 Å². The van der Waals surface area contributed by atoms with E-state index in [2.05, 4.69) is 4.74 Å². The number of carbonyl (C=O) groups excluding carboxylic acids is 1. The molecule has 0 atom stereocenters. The standard InChI is InChI=1S/C9H9ClO2.C8H7ClO2.3CH4/c1-6-7(9(11)12-2)4-3-5-8(6)10;1-5-6(8(10)11)3-2-4-7(5)9;;;/h3-5H,1-2H3;2-4H,1H3,(H,10,11);3*1H4. The van der Waals surface area contributed by atoms with Crippen LogP contribution in [0.25, 0.3) is 0 Å². The molecule has 0 heterocycles. The summed E-state index contributed by atoms with van der Waals surface area (Å²) in [6.45, 7) is 3.47. The molecular formula is C20H28Cl2O4. The smallest absolute Gasteiger partial charge is 0.338 e. The second kappa shape index (κ2) is 13.2. The molecule has 0 aliphatic heterocycles. The Hall–Kier alpha value is -2.04. The van der Waals surface area contributed by atoms with Crippen molar-refractivity contribution in [1.82, 2.24) is 0 Å². The number of esters is 1. The number of rotatable bonds is 2. The number of methoxy groups -OCH3 is 1. The first-order chi connectivity index (χ1) is 10.8. The van der Waals surface area contributed by atoms with Crippen LogP contribution in [0.3, 0.4) is 0 Å². The van der Waals surface area contributed by atoms with Gasteiger partial charge in [0.2, 0.25) is 0 Å². The maximum absolute atomic E-state index is 11.1. The quantitative estimate of drug-likeness (QED) is 0.568. The van der Waals surface area contributed by atoms with Gasteiger partial charge in [0.1, 0.15) is 0 Å². The Kier molecular flexibility index (Phi) is 14.6. The van der Waals surface area contributed by atoms with Gasteiger partial charge < -0.3 is 9.84 Å². The van der Waals surface area contributed by atoms with Crippen LogP contribution in [-0.2, 0) is 4.74 Å². The van der Waals surface area contributed by atoms with E-state index in [1.165, 1.54) is 13.2 Å². The van der Waals surface area contributed by atoms with E-state index >= 15 is 0 Å². The zero-order chi connectivity index (χ0) is 17.6. The third kappa shape index (κ3) is 7.46. The summed E-state index contributed by atoms with van der Waals surface area (Å²) >= 11 is 11.5. The van der Waals surface area contributed by atoms with Crippen LogP contribution in [0.15, 0.2) is 36.4 Å². The molecule has 0 fully saturated rings. The van der Waals surface area contributed by atoms with Crippen molar-refractivity contribution in [3.8, 4) is 0 Å². The summed E-state index contributed by atoms with van der Waals surface area (Å²) in [4.78, 5) is 21.6. The molecule has 0 aromatic heterocycles. The van der Waals surface area contributed by atoms with E-state index in [1.807, 2.05) is 0 Å². The molecule has 0 amide bonds. The van der Waals surface area contributed by atoms with Crippen molar-refractivity contribution >= 4 is 35.1 Å². The third-order valence-corrected chi connectivity index (χ3v) is 3.99. The van der Waals surface area contributed by atoms with Gasteiger partial charge in [0.25, 0.3) is 0 Å². The maximum atomic E-state index is 11.1. The van der Waals surface area contributed by atoms with Gasteiger partial charge in [-0.15, -0.1) is 0 Å². The molecule has 2 aromatic carbocycles. The molecule has 26 heavy (non-hydrogen) atoms. The minimum absolute atomic E-state index is 0. The number of carboxylic acids is 1. The van der Waals surface area contributed by atoms with E-state index in [9.17, 15) is 9.59 Å². The molecule has 6 heteroatoms. The Morgan fingerprint density at radius 2 is 1.23 bits per heavy atom. The molecule has 0 radical (unpaired) electrons. The highest BCUT2D eigenvalue weighted by Crippen LogP contribution is 2.19. The first kappa shape index (κ1) is 28.8. The number of hydrogen-bond donors (Lipinski definition) is 1. The van der Waals surface area contributed by atoms with E-state index in [-0.39, 0.29) is 33.8 Å². The van der Waals surface area contributed by atoms with Crippen LogP contribution < -0.4 is 0 Å². The highest BCUT2D eigenvalue weighted by atomic mass is 35.5. The number of aromatic carboxylic acids is 1. The third-order valence-electron chi connectivity index (χ3n) is 3.17. The number of hydrogen-bond acceptors (Lipinski definition) is 3. The SMILES string of the molecule is C.C.C.COC(=O)c1cccc(Cl)c1C.Cc1c(Cl)cccc1C(=O)O. The fourth-order valence-electron chi connectivity index (χ4n) is 1.78. The Bertz CT molecular complexity index is 728. The topological polar surface area (TPSA) is 63.6 Å². The molecule has 2 rings (SSSR count). The van der Waals surface area contributed by atoms with E-state index in [1.54, 1.807) is 44.2 Å². The summed E-state index contributed by atoms with van der Waals surface area (Å²) in [6.07, 6.45) is 0. The van der Waals surface area contributed by atoms with Crippen LogP contribution in [0, 0.1) is 13.8 Å². The van der Waals surface area contributed by atoms with Crippen molar-refractivity contribution in [2.24, 2.45) is 0 Å². The fourth-order valence-corrected chi connectivity index (χ4v) is 2.13. The van der Waals surface area contributed by atoms with E-state index in [0.29, 0.717) is 21.2 Å². The molecule has 4 nitrogen and oxygen atoms in total. The van der Waals surface area contributed by atoms with Crippen molar-refractivity contribution in [3.05, 3.63) is 68.7 Å². The zero-order valence-corrected chi connectivity index (χ0v) is 14.4. The lowest BCUT2D eigenvalue weighted by Crippen LogP contribution is -2.03. The number of carbonyl (C=O) groups is 2. The van der Waals surface area contributed by atoms with Gasteiger partial charge in [-0.2, -0.15) is 0 Å². The Morgan fingerprint density at radius 1 is 0.846 bits per heavy atom. The molecule has 2 aromatic rings. The summed E-state index contributed by atoms with van der Waals surface area (Å²) in [6, 6.07) is 9.98. The van der Waals surface area contributed by atoms with Gasteiger partial charge in [-0.05, 0) is 49.2 Å². The molecule has 0 saturated carbocycles. The predicted octanol–water partition coefficient (Wildman–Crippen LogP) is 6.69. The van der Waals surface area contributed by atoms with Crippen molar-refractivity contribution in [3.63, 3.8) is 0 Å². The average Bonchev–Trinajstić information content (AvgIpc) is 2.52. The summed E-state index contributed by atoms with van der Waals surface area (Å²) < 4.78 is 4.57. The number of carboxylic acid groups (broad SMARTS) is 1. The first-order valence-corrected chi connectivity index (χ1v) is 7.37. The molecule has 0 unspecified atom stereocenters. The van der Waals surface area contributed by atoms with Crippen molar-refractivity contribution in [1.29, 1.82) is 0 Å². The molecule has 0 bridgehead atoms. The van der Waals surface area contributed by atoms with Gasteiger partial charge >= 0.3 is 11.9 Å². The summed E-state index contributed by atoms with van der Waals surface area (Å²) in [7, 11) is 1.35. The predicted molar refractivity (Wildman–Crippen MR) is 111 cm³/mol. The molecule has 146 valence electrons. The molecular weight excluding hydrogens is 375 g/mol. The lowest BCUT2D eigenvalue weighted by molar-refractivity contribution is 0.0599. The van der Waals surface area contributed by atoms with Crippen LogP contribution >= 0.6 is 23.2 Å². The second-order valence-electron chi connectivity index (χ2n) is 4.62. The van der Waals surface area contributed by atoms with Crippen molar-refractivity contribution < 1.29 is 19.4 Å². The zero-order valence-electron chi connectivity index (χ0n) is 12.9. The van der Waals surface area contributed by atoms with Crippen LogP contribution in [-0.4, -0.2) is 24.2 Å². The summed E-state index contributed by atoms with van der Waals surface area (Å²) in [5, 5.41) is 9.70. The van der Waals surface area contributed by atoms with Crippen LogP contribution in [0.5, 0.6) is 0 Å².